The first kappa shape index (κ1) is 25.3. The number of ether oxygens (including phenoxy) is 3. The number of hydrogen-bond acceptors (Lipinski definition) is 6. The Hall–Kier alpha value is -3.32. The first-order chi connectivity index (χ1) is 16.5. The van der Waals surface area contributed by atoms with Crippen LogP contribution in [0.1, 0.15) is 49.8 Å². The number of Topliss-reactive ketones (excluding diaryl/α,β-unsaturated/α-hetero) is 1. The van der Waals surface area contributed by atoms with Gasteiger partial charge in [-0.1, -0.05) is 31.9 Å². The molecule has 0 saturated carbocycles. The van der Waals surface area contributed by atoms with Crippen molar-refractivity contribution in [2.75, 3.05) is 34.0 Å². The molecule has 1 amide bonds. The molecule has 0 bridgehead atoms. The standard InChI is InChI=1S/C27H33NO6/c1-4-5-6-17-34-22-10-7-9-20(18-22)24-23(25(29)19-11-13-21(33-3)14-12-19)26(30)27(31)28(24)15-8-16-32-2/h7,9-14,18,24,29H,4-6,8,15-17H2,1-3H3/t24-/m0/s1. The monoisotopic (exact) mass is 467 g/mol. The summed E-state index contributed by atoms with van der Waals surface area (Å²) in [4.78, 5) is 27.6. The molecule has 1 fully saturated rings. The lowest BCUT2D eigenvalue weighted by Gasteiger charge is -2.25. The second kappa shape index (κ2) is 12.2. The molecular formula is C27H33NO6. The molecule has 1 saturated heterocycles. The van der Waals surface area contributed by atoms with Crippen LogP contribution >= 0.6 is 0 Å². The average molecular weight is 468 g/mol. The Morgan fingerprint density at radius 3 is 2.41 bits per heavy atom. The number of methoxy groups -OCH3 is 2. The van der Waals surface area contributed by atoms with Crippen LogP contribution in [0.4, 0.5) is 0 Å². The summed E-state index contributed by atoms with van der Waals surface area (Å²) in [5.41, 5.74) is 1.21. The molecule has 1 heterocycles. The lowest BCUT2D eigenvalue weighted by atomic mass is 9.95. The fourth-order valence-electron chi connectivity index (χ4n) is 4.06. The molecule has 0 radical (unpaired) electrons. The molecule has 7 heteroatoms. The van der Waals surface area contributed by atoms with Gasteiger partial charge >= 0.3 is 0 Å². The third kappa shape index (κ3) is 5.78. The van der Waals surface area contributed by atoms with Gasteiger partial charge in [0.05, 0.1) is 25.3 Å². The van der Waals surface area contributed by atoms with E-state index in [1.54, 1.807) is 38.5 Å². The van der Waals surface area contributed by atoms with Gasteiger partial charge in [0.2, 0.25) is 0 Å². The molecule has 0 unspecified atom stereocenters. The number of benzene rings is 2. The minimum Gasteiger partial charge on any atom is -0.507 e. The van der Waals surface area contributed by atoms with Crippen LogP contribution in [-0.2, 0) is 14.3 Å². The zero-order chi connectivity index (χ0) is 24.5. The maximum atomic E-state index is 13.1. The van der Waals surface area contributed by atoms with Gasteiger partial charge in [0.1, 0.15) is 17.3 Å². The molecule has 182 valence electrons. The van der Waals surface area contributed by atoms with Crippen LogP contribution in [0.5, 0.6) is 11.5 Å². The maximum Gasteiger partial charge on any atom is 0.295 e. The van der Waals surface area contributed by atoms with Gasteiger partial charge in [0.15, 0.2) is 0 Å². The lowest BCUT2D eigenvalue weighted by Crippen LogP contribution is -2.31. The Labute approximate surface area is 200 Å². The highest BCUT2D eigenvalue weighted by atomic mass is 16.5. The Kier molecular flexibility index (Phi) is 9.10. The largest absolute Gasteiger partial charge is 0.507 e. The van der Waals surface area contributed by atoms with Gasteiger partial charge in [-0.3, -0.25) is 9.59 Å². The van der Waals surface area contributed by atoms with E-state index in [1.165, 1.54) is 4.90 Å². The van der Waals surface area contributed by atoms with E-state index in [2.05, 4.69) is 6.92 Å². The van der Waals surface area contributed by atoms with Crippen LogP contribution in [0.3, 0.4) is 0 Å². The third-order valence-corrected chi connectivity index (χ3v) is 5.84. The second-order valence-electron chi connectivity index (χ2n) is 8.20. The lowest BCUT2D eigenvalue weighted by molar-refractivity contribution is -0.140. The van der Waals surface area contributed by atoms with Gasteiger partial charge in [-0.25, -0.2) is 0 Å². The van der Waals surface area contributed by atoms with E-state index in [0.717, 1.165) is 19.3 Å². The second-order valence-corrected chi connectivity index (χ2v) is 8.20. The molecule has 0 aromatic heterocycles. The number of unbranched alkanes of at least 4 members (excludes halogenated alkanes) is 2. The van der Waals surface area contributed by atoms with Crippen molar-refractivity contribution in [3.05, 3.63) is 65.2 Å². The summed E-state index contributed by atoms with van der Waals surface area (Å²) >= 11 is 0. The van der Waals surface area contributed by atoms with Crippen molar-refractivity contribution < 1.29 is 28.9 Å². The van der Waals surface area contributed by atoms with E-state index in [0.29, 0.717) is 48.8 Å². The fraction of sp³-hybridized carbons (Fsp3) is 0.407. The predicted molar refractivity (Wildman–Crippen MR) is 130 cm³/mol. The van der Waals surface area contributed by atoms with Crippen molar-refractivity contribution in [1.82, 2.24) is 4.90 Å². The topological polar surface area (TPSA) is 85.3 Å². The number of carbonyl (C=O) groups is 2. The number of hydrogen-bond donors (Lipinski definition) is 1. The van der Waals surface area contributed by atoms with Crippen LogP contribution < -0.4 is 9.47 Å². The van der Waals surface area contributed by atoms with E-state index in [-0.39, 0.29) is 11.3 Å². The van der Waals surface area contributed by atoms with Crippen LogP contribution in [0, 0.1) is 0 Å². The summed E-state index contributed by atoms with van der Waals surface area (Å²) in [6.45, 7) is 3.51. The van der Waals surface area contributed by atoms with Crippen LogP contribution in [0.25, 0.3) is 5.76 Å². The summed E-state index contributed by atoms with van der Waals surface area (Å²) in [5.74, 6) is -0.258. The highest BCUT2D eigenvalue weighted by Crippen LogP contribution is 2.40. The van der Waals surface area contributed by atoms with Gasteiger partial charge < -0.3 is 24.2 Å². The highest BCUT2D eigenvalue weighted by Gasteiger charge is 2.45. The van der Waals surface area contributed by atoms with E-state index >= 15 is 0 Å². The predicted octanol–water partition coefficient (Wildman–Crippen LogP) is 4.72. The van der Waals surface area contributed by atoms with E-state index in [4.69, 9.17) is 14.2 Å². The van der Waals surface area contributed by atoms with Crippen molar-refractivity contribution in [3.8, 4) is 11.5 Å². The molecule has 0 spiro atoms. The molecule has 2 aromatic carbocycles. The Morgan fingerprint density at radius 1 is 0.971 bits per heavy atom. The molecule has 3 rings (SSSR count). The summed E-state index contributed by atoms with van der Waals surface area (Å²) in [7, 11) is 3.15. The molecule has 1 N–H and O–H groups in total. The molecular weight excluding hydrogens is 434 g/mol. The zero-order valence-electron chi connectivity index (χ0n) is 20.1. The van der Waals surface area contributed by atoms with E-state index in [1.807, 2.05) is 24.3 Å². The molecule has 1 aliphatic heterocycles. The smallest absolute Gasteiger partial charge is 0.295 e. The maximum absolute atomic E-state index is 13.1. The first-order valence-electron chi connectivity index (χ1n) is 11.7. The number of likely N-dealkylation sites (tertiary alicyclic amines) is 1. The summed E-state index contributed by atoms with van der Waals surface area (Å²) in [5, 5.41) is 11.1. The van der Waals surface area contributed by atoms with Crippen molar-refractivity contribution in [2.24, 2.45) is 0 Å². The highest BCUT2D eigenvalue weighted by molar-refractivity contribution is 6.46. The van der Waals surface area contributed by atoms with Gasteiger partial charge in [0.25, 0.3) is 11.7 Å². The van der Waals surface area contributed by atoms with E-state index < -0.39 is 17.7 Å². The third-order valence-electron chi connectivity index (χ3n) is 5.84. The van der Waals surface area contributed by atoms with Crippen LogP contribution in [-0.4, -0.2) is 55.7 Å². The number of aliphatic hydroxyl groups is 1. The normalized spacial score (nSPS) is 17.3. The van der Waals surface area contributed by atoms with Gasteiger partial charge in [-0.2, -0.15) is 0 Å². The van der Waals surface area contributed by atoms with Crippen LogP contribution in [0.15, 0.2) is 54.1 Å². The Balaban J connectivity index is 2.01. The summed E-state index contributed by atoms with van der Waals surface area (Å²) in [6.07, 6.45) is 3.70. The molecule has 2 aromatic rings. The number of aliphatic hydroxyl groups excluding tert-OH is 1. The number of rotatable bonds is 12. The summed E-state index contributed by atoms with van der Waals surface area (Å²) in [6, 6.07) is 13.4. The SMILES string of the molecule is CCCCCOc1cccc([C@H]2C(=C(O)c3ccc(OC)cc3)C(=O)C(=O)N2CCCOC)c1. The first-order valence-corrected chi connectivity index (χ1v) is 11.7. The number of nitrogens with zero attached hydrogens (tertiary/aromatic N) is 1. The van der Waals surface area contributed by atoms with Crippen molar-refractivity contribution in [2.45, 2.75) is 38.6 Å². The van der Waals surface area contributed by atoms with E-state index in [9.17, 15) is 14.7 Å². The van der Waals surface area contributed by atoms with Crippen molar-refractivity contribution in [1.29, 1.82) is 0 Å². The van der Waals surface area contributed by atoms with Crippen molar-refractivity contribution in [3.63, 3.8) is 0 Å². The molecule has 0 aliphatic carbocycles. The molecule has 1 atom stereocenters. The number of ketones is 1. The molecule has 7 nitrogen and oxygen atoms in total. The number of amides is 1. The fourth-order valence-corrected chi connectivity index (χ4v) is 4.06. The van der Waals surface area contributed by atoms with Crippen LogP contribution in [0.2, 0.25) is 0 Å². The van der Waals surface area contributed by atoms with Crippen molar-refractivity contribution >= 4 is 17.4 Å². The zero-order valence-corrected chi connectivity index (χ0v) is 20.1. The quantitative estimate of drug-likeness (QED) is 0.210. The summed E-state index contributed by atoms with van der Waals surface area (Å²) < 4.78 is 16.2. The molecule has 34 heavy (non-hydrogen) atoms. The Bertz CT molecular complexity index is 1010. The number of carbonyl (C=O) groups excluding carboxylic acids is 2. The Morgan fingerprint density at radius 2 is 1.74 bits per heavy atom. The van der Waals surface area contributed by atoms with Gasteiger partial charge in [0, 0.05) is 25.8 Å². The van der Waals surface area contributed by atoms with Gasteiger partial charge in [-0.15, -0.1) is 0 Å². The average Bonchev–Trinajstić information content (AvgIpc) is 3.11. The molecule has 1 aliphatic rings. The minimum absolute atomic E-state index is 0.0655. The minimum atomic E-state index is -0.724. The van der Waals surface area contributed by atoms with Gasteiger partial charge in [-0.05, 0) is 54.8 Å².